The van der Waals surface area contributed by atoms with Gasteiger partial charge < -0.3 is 10.2 Å². The number of anilines is 2. The van der Waals surface area contributed by atoms with Gasteiger partial charge in [-0.3, -0.25) is 0 Å². The molecule has 3 aromatic rings. The van der Waals surface area contributed by atoms with Crippen LogP contribution in [0.15, 0.2) is 35.6 Å². The molecule has 3 heterocycles. The lowest BCUT2D eigenvalue weighted by atomic mass is 10.0. The van der Waals surface area contributed by atoms with Crippen molar-refractivity contribution in [3.63, 3.8) is 0 Å². The summed E-state index contributed by atoms with van der Waals surface area (Å²) < 4.78 is 39.7. The van der Waals surface area contributed by atoms with Gasteiger partial charge in [-0.05, 0) is 37.0 Å². The molecule has 1 fully saturated rings. The van der Waals surface area contributed by atoms with Crippen molar-refractivity contribution in [2.24, 2.45) is 5.92 Å². The predicted octanol–water partition coefficient (Wildman–Crippen LogP) is 3.41. The van der Waals surface area contributed by atoms with E-state index in [1.54, 1.807) is 6.20 Å². The quantitative estimate of drug-likeness (QED) is 0.620. The first kappa shape index (κ1) is 21.6. The van der Waals surface area contributed by atoms with Crippen molar-refractivity contribution < 1.29 is 12.8 Å². The monoisotopic (exact) mass is 446 g/mol. The maximum absolute atomic E-state index is 14.5. The van der Waals surface area contributed by atoms with Gasteiger partial charge in [0.2, 0.25) is 0 Å². The summed E-state index contributed by atoms with van der Waals surface area (Å²) in [6, 6.07) is 4.03. The summed E-state index contributed by atoms with van der Waals surface area (Å²) in [6.07, 6.45) is 6.17. The molecule has 1 N–H and O–H groups in total. The Morgan fingerprint density at radius 1 is 1.23 bits per heavy atom. The molecule has 0 aliphatic carbocycles. The summed E-state index contributed by atoms with van der Waals surface area (Å²) in [6.45, 7) is 7.62. The maximum Gasteiger partial charge on any atom is 0.175 e. The Kier molecular flexibility index (Phi) is 5.94. The SMILES string of the molecule is CC(C)CN1CCC(n2ncc3c(Nc4ccc(S(C)(=O)=O)cc4F)ncnc32)CC1. The van der Waals surface area contributed by atoms with E-state index in [0.717, 1.165) is 44.8 Å². The second kappa shape index (κ2) is 8.51. The number of halogens is 1. The molecule has 1 aliphatic rings. The first-order chi connectivity index (χ1) is 14.7. The van der Waals surface area contributed by atoms with Crippen LogP contribution in [-0.2, 0) is 9.84 Å². The highest BCUT2D eigenvalue weighted by atomic mass is 32.2. The first-order valence-electron chi connectivity index (χ1n) is 10.4. The summed E-state index contributed by atoms with van der Waals surface area (Å²) in [5, 5.41) is 8.21. The molecule has 166 valence electrons. The molecule has 0 radical (unpaired) electrons. The van der Waals surface area contributed by atoms with Crippen molar-refractivity contribution in [2.75, 3.05) is 31.2 Å². The van der Waals surface area contributed by atoms with Crippen LogP contribution in [0.1, 0.15) is 32.7 Å². The molecule has 1 aromatic carbocycles. The number of sulfone groups is 1. The number of fused-ring (bicyclic) bond motifs is 1. The molecule has 8 nitrogen and oxygen atoms in total. The highest BCUT2D eigenvalue weighted by Gasteiger charge is 2.24. The van der Waals surface area contributed by atoms with Crippen molar-refractivity contribution in [2.45, 2.75) is 37.6 Å². The van der Waals surface area contributed by atoms with Crippen LogP contribution in [0.5, 0.6) is 0 Å². The molecule has 0 bridgehead atoms. The lowest BCUT2D eigenvalue weighted by Gasteiger charge is -2.33. The average molecular weight is 447 g/mol. The van der Waals surface area contributed by atoms with Gasteiger partial charge in [0.15, 0.2) is 15.5 Å². The Morgan fingerprint density at radius 3 is 2.61 bits per heavy atom. The predicted molar refractivity (Wildman–Crippen MR) is 118 cm³/mol. The van der Waals surface area contributed by atoms with Crippen molar-refractivity contribution >= 4 is 32.4 Å². The van der Waals surface area contributed by atoms with E-state index >= 15 is 0 Å². The van der Waals surface area contributed by atoms with Crippen LogP contribution in [0.25, 0.3) is 11.0 Å². The highest BCUT2D eigenvalue weighted by molar-refractivity contribution is 7.90. The fourth-order valence-electron chi connectivity index (χ4n) is 4.05. The van der Waals surface area contributed by atoms with Crippen molar-refractivity contribution in [3.05, 3.63) is 36.5 Å². The third kappa shape index (κ3) is 4.69. The minimum absolute atomic E-state index is 0.0694. The summed E-state index contributed by atoms with van der Waals surface area (Å²) in [5.41, 5.74) is 0.843. The largest absolute Gasteiger partial charge is 0.337 e. The van der Waals surface area contributed by atoms with Gasteiger partial charge in [0.25, 0.3) is 0 Å². The molecular weight excluding hydrogens is 419 g/mol. The van der Waals surface area contributed by atoms with Crippen LogP contribution in [0.3, 0.4) is 0 Å². The molecule has 0 unspecified atom stereocenters. The molecule has 10 heteroatoms. The topological polar surface area (TPSA) is 93.0 Å². The number of benzene rings is 1. The smallest absolute Gasteiger partial charge is 0.175 e. The maximum atomic E-state index is 14.5. The van der Waals surface area contributed by atoms with Gasteiger partial charge >= 0.3 is 0 Å². The van der Waals surface area contributed by atoms with Gasteiger partial charge in [-0.15, -0.1) is 0 Å². The molecule has 0 saturated carbocycles. The van der Waals surface area contributed by atoms with Gasteiger partial charge in [0.1, 0.15) is 18.0 Å². The standard InChI is InChI=1S/C21H27FN6O2S/c1-14(2)12-27-8-6-15(7-9-27)28-21-17(11-25-28)20(23-13-24-21)26-19-5-4-16(10-18(19)22)31(3,29)30/h4-5,10-11,13-15H,6-9,12H2,1-3H3,(H,23,24,26). The molecular formula is C21H27FN6O2S. The highest BCUT2D eigenvalue weighted by Crippen LogP contribution is 2.30. The Labute approximate surface area is 181 Å². The molecule has 1 aliphatic heterocycles. The number of hydrogen-bond acceptors (Lipinski definition) is 7. The number of aromatic nitrogens is 4. The zero-order valence-electron chi connectivity index (χ0n) is 17.9. The van der Waals surface area contributed by atoms with Gasteiger partial charge in [-0.1, -0.05) is 13.8 Å². The molecule has 1 saturated heterocycles. The number of likely N-dealkylation sites (tertiary alicyclic amines) is 1. The van der Waals surface area contributed by atoms with E-state index in [-0.39, 0.29) is 16.6 Å². The van der Waals surface area contributed by atoms with Gasteiger partial charge in [-0.2, -0.15) is 5.10 Å². The van der Waals surface area contributed by atoms with Crippen molar-refractivity contribution in [3.8, 4) is 0 Å². The number of rotatable bonds is 6. The van der Waals surface area contributed by atoms with E-state index in [2.05, 4.69) is 39.1 Å². The van der Waals surface area contributed by atoms with Crippen molar-refractivity contribution in [1.29, 1.82) is 0 Å². The van der Waals surface area contributed by atoms with Crippen LogP contribution >= 0.6 is 0 Å². The normalized spacial score (nSPS) is 16.3. The lowest BCUT2D eigenvalue weighted by molar-refractivity contribution is 0.166. The number of nitrogens with zero attached hydrogens (tertiary/aromatic N) is 5. The summed E-state index contributed by atoms with van der Waals surface area (Å²) >= 11 is 0. The minimum atomic E-state index is -3.48. The van der Waals surface area contributed by atoms with E-state index in [4.69, 9.17) is 0 Å². The molecule has 31 heavy (non-hydrogen) atoms. The molecule has 4 rings (SSSR count). The summed E-state index contributed by atoms with van der Waals surface area (Å²) in [7, 11) is -3.48. The fourth-order valence-corrected chi connectivity index (χ4v) is 4.68. The first-order valence-corrected chi connectivity index (χ1v) is 12.3. The van der Waals surface area contributed by atoms with E-state index in [1.165, 1.54) is 18.5 Å². The van der Waals surface area contributed by atoms with Gasteiger partial charge in [0, 0.05) is 25.9 Å². The van der Waals surface area contributed by atoms with Crippen molar-refractivity contribution in [1.82, 2.24) is 24.6 Å². The summed E-state index contributed by atoms with van der Waals surface area (Å²) in [4.78, 5) is 11.1. The Hall–Kier alpha value is -2.59. The van der Waals surface area contributed by atoms with Crippen LogP contribution in [-0.4, -0.2) is 59.0 Å². The van der Waals surface area contributed by atoms with E-state index in [9.17, 15) is 12.8 Å². The van der Waals surface area contributed by atoms with Gasteiger partial charge in [0.05, 0.1) is 28.2 Å². The zero-order valence-corrected chi connectivity index (χ0v) is 18.7. The lowest BCUT2D eigenvalue weighted by Crippen LogP contribution is -2.37. The van der Waals surface area contributed by atoms with Crippen LogP contribution in [0.4, 0.5) is 15.9 Å². The molecule has 0 amide bonds. The van der Waals surface area contributed by atoms with E-state index in [0.29, 0.717) is 22.8 Å². The van der Waals surface area contributed by atoms with E-state index < -0.39 is 15.7 Å². The second-order valence-corrected chi connectivity index (χ2v) is 10.5. The van der Waals surface area contributed by atoms with Crippen LogP contribution in [0, 0.1) is 11.7 Å². The molecule has 0 atom stereocenters. The Morgan fingerprint density at radius 2 is 1.97 bits per heavy atom. The number of piperidine rings is 1. The second-order valence-electron chi connectivity index (χ2n) is 8.51. The third-order valence-electron chi connectivity index (χ3n) is 5.54. The third-order valence-corrected chi connectivity index (χ3v) is 6.65. The Bertz CT molecular complexity index is 1190. The molecule has 2 aromatic heterocycles. The number of hydrogen-bond donors (Lipinski definition) is 1. The van der Waals surface area contributed by atoms with Crippen LogP contribution < -0.4 is 5.32 Å². The fraction of sp³-hybridized carbons (Fsp3) is 0.476. The zero-order chi connectivity index (χ0) is 22.2. The Balaban J connectivity index is 1.56. The molecule has 0 spiro atoms. The van der Waals surface area contributed by atoms with Crippen LogP contribution in [0.2, 0.25) is 0 Å². The summed E-state index contributed by atoms with van der Waals surface area (Å²) in [5.74, 6) is 0.412. The minimum Gasteiger partial charge on any atom is -0.337 e. The van der Waals surface area contributed by atoms with Gasteiger partial charge in [-0.25, -0.2) is 27.5 Å². The van der Waals surface area contributed by atoms with E-state index in [1.807, 2.05) is 4.68 Å². The number of nitrogens with one attached hydrogen (secondary N) is 1. The average Bonchev–Trinajstić information content (AvgIpc) is 3.14.